The molecule has 0 N–H and O–H groups in total. The van der Waals surface area contributed by atoms with Gasteiger partial charge in [0.2, 0.25) is 0 Å². The highest BCUT2D eigenvalue weighted by Crippen LogP contribution is 2.24. The lowest BCUT2D eigenvalue weighted by atomic mass is 9.94. The Morgan fingerprint density at radius 1 is 0.913 bits per heavy atom. The Kier molecular flexibility index (Phi) is 6.92. The average molecular weight is 353 g/mol. The first-order valence-corrected chi connectivity index (χ1v) is 8.96. The molecule has 0 nitrogen and oxygen atoms in total. The van der Waals surface area contributed by atoms with Gasteiger partial charge >= 0.3 is 0 Å². The van der Waals surface area contributed by atoms with Crippen LogP contribution in [0.2, 0.25) is 10.0 Å². The van der Waals surface area contributed by atoms with Gasteiger partial charge in [0.05, 0.1) is 10.0 Å². The molecule has 0 aromatic heterocycles. The van der Waals surface area contributed by atoms with Crippen LogP contribution in [0.15, 0.2) is 36.4 Å². The average Bonchev–Trinajstić information content (AvgIpc) is 2.54. The summed E-state index contributed by atoms with van der Waals surface area (Å²) in [5.74, 6) is 0.506. The fraction of sp³-hybridized carbons (Fsp3) is 0.400. The SMILES string of the molecule is CCc1ccc(CCC(C)CCc2ccc(Cl)c(Cl)c2)cc1F. The minimum Gasteiger partial charge on any atom is -0.207 e. The van der Waals surface area contributed by atoms with Gasteiger partial charge in [-0.05, 0) is 72.9 Å². The zero-order chi connectivity index (χ0) is 16.8. The third-order valence-corrected chi connectivity index (χ3v) is 5.07. The molecule has 0 aliphatic heterocycles. The van der Waals surface area contributed by atoms with Crippen LogP contribution < -0.4 is 0 Å². The first-order valence-electron chi connectivity index (χ1n) is 8.20. The molecule has 0 heterocycles. The van der Waals surface area contributed by atoms with E-state index in [1.807, 2.05) is 37.3 Å². The molecule has 0 radical (unpaired) electrons. The summed E-state index contributed by atoms with van der Waals surface area (Å²) in [6.07, 6.45) is 4.80. The van der Waals surface area contributed by atoms with E-state index in [0.29, 0.717) is 16.0 Å². The van der Waals surface area contributed by atoms with Crippen molar-refractivity contribution in [3.05, 3.63) is 69.0 Å². The lowest BCUT2D eigenvalue weighted by molar-refractivity contribution is 0.492. The van der Waals surface area contributed by atoms with Gasteiger partial charge in [-0.15, -0.1) is 0 Å². The predicted octanol–water partition coefficient (Wildman–Crippen LogP) is 6.90. The molecule has 0 aliphatic rings. The van der Waals surface area contributed by atoms with E-state index in [1.165, 1.54) is 5.56 Å². The molecule has 2 rings (SSSR count). The number of halogens is 3. The van der Waals surface area contributed by atoms with Gasteiger partial charge in [0, 0.05) is 0 Å². The Bertz CT molecular complexity index is 652. The normalized spacial score (nSPS) is 12.4. The summed E-state index contributed by atoms with van der Waals surface area (Å²) >= 11 is 12.0. The topological polar surface area (TPSA) is 0 Å². The van der Waals surface area contributed by atoms with Crippen molar-refractivity contribution in [1.29, 1.82) is 0 Å². The maximum Gasteiger partial charge on any atom is 0.126 e. The molecule has 0 saturated heterocycles. The molecule has 2 aromatic carbocycles. The van der Waals surface area contributed by atoms with E-state index in [-0.39, 0.29) is 5.82 Å². The van der Waals surface area contributed by atoms with Crippen molar-refractivity contribution in [2.45, 2.75) is 46.0 Å². The first-order chi connectivity index (χ1) is 11.0. The van der Waals surface area contributed by atoms with Crippen LogP contribution in [0.3, 0.4) is 0 Å². The van der Waals surface area contributed by atoms with Gasteiger partial charge in [0.15, 0.2) is 0 Å². The number of benzene rings is 2. The van der Waals surface area contributed by atoms with E-state index in [1.54, 1.807) is 6.07 Å². The zero-order valence-corrected chi connectivity index (χ0v) is 15.2. The molecule has 1 atom stereocenters. The summed E-state index contributed by atoms with van der Waals surface area (Å²) in [6.45, 7) is 4.22. The van der Waals surface area contributed by atoms with Gasteiger partial charge in [0.1, 0.15) is 5.82 Å². The lowest BCUT2D eigenvalue weighted by Crippen LogP contribution is -2.01. The van der Waals surface area contributed by atoms with Crippen molar-refractivity contribution >= 4 is 23.2 Å². The highest BCUT2D eigenvalue weighted by molar-refractivity contribution is 6.42. The third-order valence-electron chi connectivity index (χ3n) is 4.33. The van der Waals surface area contributed by atoms with E-state index in [9.17, 15) is 4.39 Å². The molecule has 124 valence electrons. The van der Waals surface area contributed by atoms with Crippen LogP contribution in [0.5, 0.6) is 0 Å². The molecular weight excluding hydrogens is 330 g/mol. The Labute approximate surface area is 148 Å². The van der Waals surface area contributed by atoms with Crippen LogP contribution in [-0.4, -0.2) is 0 Å². The summed E-state index contributed by atoms with van der Waals surface area (Å²) in [7, 11) is 0. The second-order valence-electron chi connectivity index (χ2n) is 6.21. The van der Waals surface area contributed by atoms with Gasteiger partial charge in [-0.2, -0.15) is 0 Å². The van der Waals surface area contributed by atoms with Crippen molar-refractivity contribution in [3.63, 3.8) is 0 Å². The van der Waals surface area contributed by atoms with Crippen molar-refractivity contribution in [2.24, 2.45) is 5.92 Å². The smallest absolute Gasteiger partial charge is 0.126 e. The molecule has 0 saturated carbocycles. The second kappa shape index (κ2) is 8.70. The Morgan fingerprint density at radius 2 is 1.52 bits per heavy atom. The largest absolute Gasteiger partial charge is 0.207 e. The maximum absolute atomic E-state index is 13.8. The first kappa shape index (κ1) is 18.3. The minimum atomic E-state index is -0.0755. The van der Waals surface area contributed by atoms with Crippen molar-refractivity contribution in [1.82, 2.24) is 0 Å². The fourth-order valence-corrected chi connectivity index (χ4v) is 3.02. The third kappa shape index (κ3) is 5.51. The van der Waals surface area contributed by atoms with Gasteiger partial charge in [-0.25, -0.2) is 4.39 Å². The quantitative estimate of drug-likeness (QED) is 0.508. The number of rotatable bonds is 7. The Balaban J connectivity index is 1.81. The summed E-state index contributed by atoms with van der Waals surface area (Å²) in [4.78, 5) is 0. The lowest BCUT2D eigenvalue weighted by Gasteiger charge is -2.12. The van der Waals surface area contributed by atoms with Crippen LogP contribution >= 0.6 is 23.2 Å². The summed E-state index contributed by atoms with van der Waals surface area (Å²) in [5.41, 5.74) is 3.09. The molecule has 2 aromatic rings. The van der Waals surface area contributed by atoms with E-state index in [4.69, 9.17) is 23.2 Å². The van der Waals surface area contributed by atoms with Crippen molar-refractivity contribution < 1.29 is 4.39 Å². The monoisotopic (exact) mass is 352 g/mol. The summed E-state index contributed by atoms with van der Waals surface area (Å²) < 4.78 is 13.8. The molecule has 0 amide bonds. The summed E-state index contributed by atoms with van der Waals surface area (Å²) in [5, 5.41) is 1.21. The van der Waals surface area contributed by atoms with E-state index >= 15 is 0 Å². The van der Waals surface area contributed by atoms with Crippen LogP contribution in [-0.2, 0) is 19.3 Å². The number of hydrogen-bond acceptors (Lipinski definition) is 0. The van der Waals surface area contributed by atoms with Gasteiger partial charge < -0.3 is 0 Å². The van der Waals surface area contributed by atoms with Crippen LogP contribution in [0.4, 0.5) is 4.39 Å². The van der Waals surface area contributed by atoms with E-state index in [0.717, 1.165) is 43.2 Å². The molecule has 0 fully saturated rings. The molecule has 0 spiro atoms. The molecule has 1 unspecified atom stereocenters. The standard InChI is InChI=1S/C20H23Cl2F/c1-3-17-10-8-16(13-20(17)23)7-5-14(2)4-6-15-9-11-18(21)19(22)12-15/h8-14H,3-7H2,1-2H3. The molecule has 0 aliphatic carbocycles. The minimum absolute atomic E-state index is 0.0755. The van der Waals surface area contributed by atoms with Crippen molar-refractivity contribution in [2.75, 3.05) is 0 Å². The maximum atomic E-state index is 13.8. The summed E-state index contributed by atoms with van der Waals surface area (Å²) in [6, 6.07) is 11.5. The molecule has 3 heteroatoms. The van der Waals surface area contributed by atoms with Crippen LogP contribution in [0.25, 0.3) is 0 Å². The van der Waals surface area contributed by atoms with E-state index < -0.39 is 0 Å². The second-order valence-corrected chi connectivity index (χ2v) is 7.02. The Morgan fingerprint density at radius 3 is 2.09 bits per heavy atom. The molecular formula is C20H23Cl2F. The van der Waals surface area contributed by atoms with E-state index in [2.05, 4.69) is 6.92 Å². The molecule has 23 heavy (non-hydrogen) atoms. The number of hydrogen-bond donors (Lipinski definition) is 0. The van der Waals surface area contributed by atoms with Crippen molar-refractivity contribution in [3.8, 4) is 0 Å². The predicted molar refractivity (Wildman–Crippen MR) is 98.0 cm³/mol. The van der Waals surface area contributed by atoms with Gasteiger partial charge in [-0.3, -0.25) is 0 Å². The fourth-order valence-electron chi connectivity index (χ4n) is 2.70. The zero-order valence-electron chi connectivity index (χ0n) is 13.7. The molecule has 0 bridgehead atoms. The Hall–Kier alpha value is -1.05. The highest BCUT2D eigenvalue weighted by Gasteiger charge is 2.07. The van der Waals surface area contributed by atoms with Gasteiger partial charge in [-0.1, -0.05) is 55.2 Å². The highest BCUT2D eigenvalue weighted by atomic mass is 35.5. The van der Waals surface area contributed by atoms with Gasteiger partial charge in [0.25, 0.3) is 0 Å². The van der Waals surface area contributed by atoms with Crippen LogP contribution in [0, 0.1) is 11.7 Å². The van der Waals surface area contributed by atoms with Crippen LogP contribution in [0.1, 0.15) is 43.4 Å². The number of aryl methyl sites for hydroxylation is 3.